The second-order valence-corrected chi connectivity index (χ2v) is 8.57. The number of nitrogens with zero attached hydrogens (tertiary/aromatic N) is 4. The van der Waals surface area contributed by atoms with E-state index in [-0.39, 0.29) is 30.3 Å². The van der Waals surface area contributed by atoms with E-state index in [1.54, 1.807) is 16.8 Å². The molecule has 2 saturated carbocycles. The largest absolute Gasteiger partial charge is 0.396 e. The van der Waals surface area contributed by atoms with Crippen molar-refractivity contribution in [3.05, 3.63) is 17.3 Å². The first-order chi connectivity index (χ1) is 14.5. The lowest BCUT2D eigenvalue weighted by atomic mass is 9.87. The third-order valence-corrected chi connectivity index (χ3v) is 6.15. The maximum absolute atomic E-state index is 11.9. The number of aliphatic hydroxyl groups excluding tert-OH is 1. The van der Waals surface area contributed by atoms with Crippen molar-refractivity contribution in [2.45, 2.75) is 51.0 Å². The number of imide groups is 1. The number of rotatable bonds is 7. The van der Waals surface area contributed by atoms with E-state index in [0.717, 1.165) is 38.5 Å². The van der Waals surface area contributed by atoms with Crippen molar-refractivity contribution in [1.82, 2.24) is 24.9 Å². The Morgan fingerprint density at radius 1 is 1.27 bits per heavy atom. The van der Waals surface area contributed by atoms with Gasteiger partial charge in [-0.25, -0.2) is 0 Å². The van der Waals surface area contributed by atoms with E-state index in [0.29, 0.717) is 41.3 Å². The monoisotopic (exact) mass is 411 g/mol. The third kappa shape index (κ3) is 3.62. The number of amides is 2. The van der Waals surface area contributed by atoms with E-state index in [1.165, 1.54) is 0 Å². The van der Waals surface area contributed by atoms with E-state index < -0.39 is 0 Å². The van der Waals surface area contributed by atoms with Gasteiger partial charge in [-0.1, -0.05) is 12.8 Å². The van der Waals surface area contributed by atoms with Crippen LogP contribution in [0.3, 0.4) is 0 Å². The molecule has 1 saturated heterocycles. The zero-order chi connectivity index (χ0) is 20.7. The predicted molar refractivity (Wildman–Crippen MR) is 110 cm³/mol. The van der Waals surface area contributed by atoms with Crippen LogP contribution in [0, 0.1) is 5.41 Å². The molecule has 0 radical (unpaired) electrons. The predicted octanol–water partition coefficient (Wildman–Crippen LogP) is 1.09. The van der Waals surface area contributed by atoms with Gasteiger partial charge in [-0.2, -0.15) is 19.6 Å². The molecule has 3 aliphatic rings. The zero-order valence-electron chi connectivity index (χ0n) is 16.6. The summed E-state index contributed by atoms with van der Waals surface area (Å²) in [7, 11) is 0. The average molecular weight is 411 g/mol. The molecule has 0 unspecified atom stereocenters. The standard InChI is InChI=1S/C20H25N7O3/c28-11-20(5-1-2-6-20)10-21-18-25-16-13(7-12-8-15(29)24-17(12)30)9-22-27(16)19(26-18)23-14-3-4-14/h7,9,14,28H,1-6,8,10-11H2,(H,24,29,30)(H2,21,23,25,26)/b12-7+. The molecule has 30 heavy (non-hydrogen) atoms. The van der Waals surface area contributed by atoms with Gasteiger partial charge in [0.2, 0.25) is 17.8 Å². The van der Waals surface area contributed by atoms with Crippen LogP contribution in [0.25, 0.3) is 11.7 Å². The summed E-state index contributed by atoms with van der Waals surface area (Å²) in [6.45, 7) is 0.743. The van der Waals surface area contributed by atoms with E-state index >= 15 is 0 Å². The third-order valence-electron chi connectivity index (χ3n) is 6.15. The summed E-state index contributed by atoms with van der Waals surface area (Å²) >= 11 is 0. The number of aliphatic hydroxyl groups is 1. The second-order valence-electron chi connectivity index (χ2n) is 8.57. The van der Waals surface area contributed by atoms with Crippen LogP contribution in [0.4, 0.5) is 11.9 Å². The van der Waals surface area contributed by atoms with E-state index in [9.17, 15) is 14.7 Å². The number of fused-ring (bicyclic) bond motifs is 1. The van der Waals surface area contributed by atoms with Crippen molar-refractivity contribution in [1.29, 1.82) is 0 Å². The highest BCUT2D eigenvalue weighted by Crippen LogP contribution is 2.37. The molecule has 5 rings (SSSR count). The van der Waals surface area contributed by atoms with Gasteiger partial charge < -0.3 is 15.7 Å². The Kier molecular flexibility index (Phi) is 4.65. The molecule has 10 heteroatoms. The fourth-order valence-electron chi connectivity index (χ4n) is 4.17. The Morgan fingerprint density at radius 2 is 2.07 bits per heavy atom. The summed E-state index contributed by atoms with van der Waals surface area (Å²) in [6, 6.07) is 0.374. The number of anilines is 2. The topological polar surface area (TPSA) is 134 Å². The minimum Gasteiger partial charge on any atom is -0.396 e. The maximum atomic E-state index is 11.9. The molecule has 10 nitrogen and oxygen atoms in total. The molecule has 0 aromatic carbocycles. The molecule has 158 valence electrons. The molecular formula is C20H25N7O3. The van der Waals surface area contributed by atoms with E-state index in [1.807, 2.05) is 0 Å². The van der Waals surface area contributed by atoms with Gasteiger partial charge in [-0.3, -0.25) is 14.9 Å². The maximum Gasteiger partial charge on any atom is 0.254 e. The average Bonchev–Trinajstić information content (AvgIpc) is 3.12. The van der Waals surface area contributed by atoms with Crippen molar-refractivity contribution in [3.63, 3.8) is 0 Å². The Morgan fingerprint density at radius 3 is 2.73 bits per heavy atom. The number of hydrogen-bond donors (Lipinski definition) is 4. The lowest BCUT2D eigenvalue weighted by Gasteiger charge is -2.26. The van der Waals surface area contributed by atoms with Crippen molar-refractivity contribution >= 4 is 35.4 Å². The fraction of sp³-hybridized carbons (Fsp3) is 0.550. The van der Waals surface area contributed by atoms with Crippen LogP contribution in [0.15, 0.2) is 11.8 Å². The number of carbonyl (C=O) groups excluding carboxylic acids is 2. The highest BCUT2D eigenvalue weighted by atomic mass is 16.3. The van der Waals surface area contributed by atoms with Crippen molar-refractivity contribution in [3.8, 4) is 0 Å². The Bertz CT molecular complexity index is 1030. The molecule has 0 spiro atoms. The van der Waals surface area contributed by atoms with Crippen LogP contribution >= 0.6 is 0 Å². The molecule has 2 aliphatic carbocycles. The van der Waals surface area contributed by atoms with Crippen molar-refractivity contribution in [2.24, 2.45) is 5.41 Å². The quantitative estimate of drug-likeness (QED) is 0.393. The van der Waals surface area contributed by atoms with Gasteiger partial charge in [-0.05, 0) is 31.8 Å². The van der Waals surface area contributed by atoms with Gasteiger partial charge in [0, 0.05) is 29.1 Å². The normalized spacial score (nSPS) is 22.1. The Balaban J connectivity index is 1.48. The van der Waals surface area contributed by atoms with Crippen LogP contribution in [0.2, 0.25) is 0 Å². The smallest absolute Gasteiger partial charge is 0.254 e. The molecule has 1 aliphatic heterocycles. The van der Waals surface area contributed by atoms with Gasteiger partial charge in [0.15, 0.2) is 5.65 Å². The number of carbonyl (C=O) groups is 2. The van der Waals surface area contributed by atoms with Gasteiger partial charge in [0.05, 0.1) is 19.2 Å². The minimum atomic E-state index is -0.380. The number of aromatic nitrogens is 4. The second kappa shape index (κ2) is 7.35. The molecule has 2 aromatic rings. The van der Waals surface area contributed by atoms with Crippen LogP contribution in [-0.2, 0) is 9.59 Å². The SMILES string of the molecule is O=C1C/C(=C\c2cnn3c(NC4CC4)nc(NCC4(CO)CCCC4)nc23)C(=O)N1. The van der Waals surface area contributed by atoms with E-state index in [4.69, 9.17) is 0 Å². The Hall–Kier alpha value is -3.01. The van der Waals surface area contributed by atoms with E-state index in [2.05, 4.69) is 31.0 Å². The molecule has 3 heterocycles. The lowest BCUT2D eigenvalue weighted by molar-refractivity contribution is -0.124. The Labute approximate surface area is 173 Å². The summed E-state index contributed by atoms with van der Waals surface area (Å²) in [5.74, 6) is 0.361. The first-order valence-corrected chi connectivity index (χ1v) is 10.5. The summed E-state index contributed by atoms with van der Waals surface area (Å²) < 4.78 is 1.63. The molecule has 0 atom stereocenters. The van der Waals surface area contributed by atoms with Crippen LogP contribution < -0.4 is 16.0 Å². The van der Waals surface area contributed by atoms with Gasteiger partial charge in [-0.15, -0.1) is 0 Å². The van der Waals surface area contributed by atoms with Crippen LogP contribution in [0.1, 0.15) is 50.5 Å². The number of nitrogens with one attached hydrogen (secondary N) is 3. The molecule has 0 bridgehead atoms. The van der Waals surface area contributed by atoms with Gasteiger partial charge in [0.25, 0.3) is 5.91 Å². The zero-order valence-corrected chi connectivity index (χ0v) is 16.6. The molecule has 2 aromatic heterocycles. The minimum absolute atomic E-state index is 0.0541. The number of hydrogen-bond acceptors (Lipinski definition) is 8. The first-order valence-electron chi connectivity index (χ1n) is 10.5. The van der Waals surface area contributed by atoms with Crippen LogP contribution in [-0.4, -0.2) is 55.7 Å². The van der Waals surface area contributed by atoms with Crippen LogP contribution in [0.5, 0.6) is 0 Å². The summed E-state index contributed by atoms with van der Waals surface area (Å²) in [6.07, 6.45) is 9.73. The summed E-state index contributed by atoms with van der Waals surface area (Å²) in [5.41, 5.74) is 1.47. The molecule has 2 amide bonds. The van der Waals surface area contributed by atoms with Crippen molar-refractivity contribution in [2.75, 3.05) is 23.8 Å². The molecule has 3 fully saturated rings. The molecular weight excluding hydrogens is 386 g/mol. The fourth-order valence-corrected chi connectivity index (χ4v) is 4.17. The summed E-state index contributed by atoms with van der Waals surface area (Å²) in [4.78, 5) is 32.7. The summed E-state index contributed by atoms with van der Waals surface area (Å²) in [5, 5.41) is 23.3. The highest BCUT2D eigenvalue weighted by molar-refractivity contribution is 6.15. The first kappa shape index (κ1) is 19.0. The van der Waals surface area contributed by atoms with Gasteiger partial charge in [0.1, 0.15) is 0 Å². The highest BCUT2D eigenvalue weighted by Gasteiger charge is 2.33. The lowest BCUT2D eigenvalue weighted by Crippen LogP contribution is -2.31. The molecule has 4 N–H and O–H groups in total. The van der Waals surface area contributed by atoms with Crippen molar-refractivity contribution < 1.29 is 14.7 Å². The van der Waals surface area contributed by atoms with Gasteiger partial charge >= 0.3 is 0 Å².